The summed E-state index contributed by atoms with van der Waals surface area (Å²) < 4.78 is 5.33. The first-order chi connectivity index (χ1) is 18.0. The van der Waals surface area contributed by atoms with Crippen molar-refractivity contribution in [2.45, 2.75) is 19.8 Å². The van der Waals surface area contributed by atoms with Crippen LogP contribution in [0, 0.1) is 6.07 Å². The molecule has 1 N–H and O–H groups in total. The molecular formula is C31H27N4O2Pt-. The molecule has 38 heavy (non-hydrogen) atoms. The Morgan fingerprint density at radius 1 is 0.895 bits per heavy atom. The fraction of sp³-hybridized carbons (Fsp3) is 0.161. The van der Waals surface area contributed by atoms with Crippen LogP contribution in [0.25, 0.3) is 22.2 Å². The predicted octanol–water partition coefficient (Wildman–Crippen LogP) is 7.48. The van der Waals surface area contributed by atoms with Gasteiger partial charge in [0.05, 0.1) is 24.7 Å². The topological polar surface area (TPSA) is 61.7 Å². The summed E-state index contributed by atoms with van der Waals surface area (Å²) in [5.41, 5.74) is 7.31. The summed E-state index contributed by atoms with van der Waals surface area (Å²) in [6, 6.07) is 27.6. The number of phenolic OH excluding ortho intramolecular Hbond substituents is 1. The van der Waals surface area contributed by atoms with Crippen molar-refractivity contribution in [3.63, 3.8) is 0 Å². The van der Waals surface area contributed by atoms with Gasteiger partial charge >= 0.3 is 0 Å². The van der Waals surface area contributed by atoms with Crippen LogP contribution in [0.4, 0.5) is 28.6 Å². The van der Waals surface area contributed by atoms with E-state index in [1.54, 1.807) is 19.4 Å². The van der Waals surface area contributed by atoms with Crippen molar-refractivity contribution >= 4 is 39.5 Å². The number of benzene rings is 3. The van der Waals surface area contributed by atoms with Crippen molar-refractivity contribution in [2.75, 3.05) is 24.0 Å². The SMILES string of the molecule is COc1ccc(N2c3[c-]c(-c4ccc5c(C(C)C)ccc(O)c5n4)ccc3N(C)c3ccccc32)nc1.[Pt]. The Morgan fingerprint density at radius 3 is 2.39 bits per heavy atom. The Hall–Kier alpha value is -3.89. The molecule has 0 saturated carbocycles. The summed E-state index contributed by atoms with van der Waals surface area (Å²) in [6.07, 6.45) is 1.72. The van der Waals surface area contributed by atoms with E-state index >= 15 is 0 Å². The van der Waals surface area contributed by atoms with E-state index in [0.717, 1.165) is 50.8 Å². The van der Waals surface area contributed by atoms with Gasteiger partial charge in [-0.3, -0.25) is 4.98 Å². The molecular weight excluding hydrogens is 655 g/mol. The minimum Gasteiger partial charge on any atom is -0.506 e. The Labute approximate surface area is 236 Å². The molecule has 2 aromatic heterocycles. The van der Waals surface area contributed by atoms with Crippen molar-refractivity contribution < 1.29 is 30.9 Å². The molecule has 6 nitrogen and oxygen atoms in total. The van der Waals surface area contributed by atoms with E-state index in [1.807, 2.05) is 48.5 Å². The number of nitrogens with zero attached hydrogens (tertiary/aromatic N) is 4. The van der Waals surface area contributed by atoms with Gasteiger partial charge in [-0.2, -0.15) is 0 Å². The maximum Gasteiger partial charge on any atom is 0.140 e. The molecule has 0 radical (unpaired) electrons. The number of anilines is 5. The molecule has 0 atom stereocenters. The molecule has 0 fully saturated rings. The standard InChI is InChI=1S/C31H27N4O2.Pt/c1-19(2)22-12-15-29(36)31-23(22)11-13-24(33-31)20-9-14-26-28(17-20)35(30-16-10-21(37-4)18-32-30)27-8-6-5-7-25(27)34(26)3;/h5-16,18-19,36H,1-4H3;/q-1;. The molecule has 7 heteroatoms. The first kappa shape index (κ1) is 25.7. The van der Waals surface area contributed by atoms with Gasteiger partial charge in [0, 0.05) is 33.5 Å². The fourth-order valence-corrected chi connectivity index (χ4v) is 4.99. The predicted molar refractivity (Wildman–Crippen MR) is 149 cm³/mol. The Bertz CT molecular complexity index is 1640. The summed E-state index contributed by atoms with van der Waals surface area (Å²) in [5, 5.41) is 11.6. The van der Waals surface area contributed by atoms with E-state index in [9.17, 15) is 5.11 Å². The minimum atomic E-state index is 0. The molecule has 0 bridgehead atoms. The Balaban J connectivity index is 0.00000294. The second-order valence-corrected chi connectivity index (χ2v) is 9.47. The second-order valence-electron chi connectivity index (χ2n) is 9.47. The van der Waals surface area contributed by atoms with Crippen LogP contribution in [0.2, 0.25) is 0 Å². The van der Waals surface area contributed by atoms with Crippen LogP contribution >= 0.6 is 0 Å². The van der Waals surface area contributed by atoms with Gasteiger partial charge in [-0.05, 0) is 58.9 Å². The molecule has 0 aliphatic carbocycles. The van der Waals surface area contributed by atoms with Gasteiger partial charge < -0.3 is 19.6 Å². The minimum absolute atomic E-state index is 0. The van der Waals surface area contributed by atoms with Crippen LogP contribution in [0.3, 0.4) is 0 Å². The molecule has 3 aromatic carbocycles. The van der Waals surface area contributed by atoms with Crippen molar-refractivity contribution in [3.8, 4) is 22.8 Å². The number of rotatable bonds is 4. The number of hydrogen-bond donors (Lipinski definition) is 1. The van der Waals surface area contributed by atoms with E-state index in [-0.39, 0.29) is 26.8 Å². The van der Waals surface area contributed by atoms with Crippen LogP contribution in [-0.4, -0.2) is 29.2 Å². The molecule has 3 heterocycles. The van der Waals surface area contributed by atoms with Gasteiger partial charge in [0.1, 0.15) is 22.8 Å². The van der Waals surface area contributed by atoms with Crippen molar-refractivity contribution in [1.29, 1.82) is 0 Å². The van der Waals surface area contributed by atoms with Crippen molar-refractivity contribution in [3.05, 3.63) is 90.6 Å². The third kappa shape index (κ3) is 4.19. The normalized spacial score (nSPS) is 12.2. The van der Waals surface area contributed by atoms with E-state index in [1.165, 1.54) is 0 Å². The number of ether oxygens (including phenoxy) is 1. The quantitative estimate of drug-likeness (QED) is 0.199. The third-order valence-electron chi connectivity index (χ3n) is 6.93. The van der Waals surface area contributed by atoms with Gasteiger partial charge in [0.15, 0.2) is 0 Å². The van der Waals surface area contributed by atoms with Crippen LogP contribution in [-0.2, 0) is 21.1 Å². The van der Waals surface area contributed by atoms with Gasteiger partial charge in [0.25, 0.3) is 0 Å². The zero-order valence-electron chi connectivity index (χ0n) is 21.5. The zero-order chi connectivity index (χ0) is 25.7. The van der Waals surface area contributed by atoms with E-state index in [4.69, 9.17) is 14.7 Å². The zero-order valence-corrected chi connectivity index (χ0v) is 23.8. The number of aromatic hydroxyl groups is 1. The molecule has 5 aromatic rings. The summed E-state index contributed by atoms with van der Waals surface area (Å²) in [4.78, 5) is 13.8. The van der Waals surface area contributed by atoms with Crippen LogP contribution in [0.5, 0.6) is 11.5 Å². The molecule has 0 unspecified atom stereocenters. The molecule has 1 aliphatic rings. The van der Waals surface area contributed by atoms with Crippen molar-refractivity contribution in [1.82, 2.24) is 9.97 Å². The summed E-state index contributed by atoms with van der Waals surface area (Å²) in [6.45, 7) is 4.29. The number of fused-ring (bicyclic) bond motifs is 3. The van der Waals surface area contributed by atoms with Gasteiger partial charge in [-0.25, -0.2) is 4.98 Å². The molecule has 0 saturated heterocycles. The first-order valence-electron chi connectivity index (χ1n) is 12.3. The number of phenols is 1. The van der Waals surface area contributed by atoms with Crippen LogP contribution in [0.15, 0.2) is 79.0 Å². The van der Waals surface area contributed by atoms with E-state index in [2.05, 4.69) is 55.0 Å². The maximum absolute atomic E-state index is 10.6. The second kappa shape index (κ2) is 10.1. The summed E-state index contributed by atoms with van der Waals surface area (Å²) in [7, 11) is 3.69. The average molecular weight is 683 g/mol. The first-order valence-corrected chi connectivity index (χ1v) is 12.3. The van der Waals surface area contributed by atoms with Crippen LogP contribution < -0.4 is 14.5 Å². The smallest absolute Gasteiger partial charge is 0.140 e. The number of methoxy groups -OCH3 is 1. The number of para-hydroxylation sites is 2. The van der Waals surface area contributed by atoms with Crippen molar-refractivity contribution in [2.24, 2.45) is 0 Å². The Morgan fingerprint density at radius 2 is 1.68 bits per heavy atom. The molecule has 1 aliphatic heterocycles. The third-order valence-corrected chi connectivity index (χ3v) is 6.93. The van der Waals surface area contributed by atoms with E-state index in [0.29, 0.717) is 17.2 Å². The van der Waals surface area contributed by atoms with Gasteiger partial charge in [-0.1, -0.05) is 44.2 Å². The molecule has 194 valence electrons. The molecule has 0 amide bonds. The molecule has 0 spiro atoms. The Kier molecular flexibility index (Phi) is 6.85. The summed E-state index contributed by atoms with van der Waals surface area (Å²) >= 11 is 0. The van der Waals surface area contributed by atoms with Crippen LogP contribution in [0.1, 0.15) is 25.3 Å². The molecule has 6 rings (SSSR count). The van der Waals surface area contributed by atoms with Gasteiger partial charge in [0.2, 0.25) is 0 Å². The fourth-order valence-electron chi connectivity index (χ4n) is 4.99. The summed E-state index contributed by atoms with van der Waals surface area (Å²) in [5.74, 6) is 1.97. The monoisotopic (exact) mass is 682 g/mol. The number of hydrogen-bond acceptors (Lipinski definition) is 6. The number of aromatic nitrogens is 2. The number of pyridine rings is 2. The maximum atomic E-state index is 10.6. The van der Waals surface area contributed by atoms with E-state index < -0.39 is 0 Å². The largest absolute Gasteiger partial charge is 0.506 e. The average Bonchev–Trinajstić information content (AvgIpc) is 2.93. The van der Waals surface area contributed by atoms with Gasteiger partial charge in [-0.15, -0.1) is 23.8 Å².